The van der Waals surface area contributed by atoms with Crippen molar-refractivity contribution in [1.82, 2.24) is 20.4 Å². The minimum atomic E-state index is -0.794. The Hall–Kier alpha value is -3.65. The summed E-state index contributed by atoms with van der Waals surface area (Å²) in [6.45, 7) is 9.72. The number of aromatic nitrogens is 2. The Morgan fingerprint density at radius 3 is 2.30 bits per heavy atom. The van der Waals surface area contributed by atoms with E-state index in [0.717, 1.165) is 37.2 Å². The van der Waals surface area contributed by atoms with Gasteiger partial charge in [0.25, 0.3) is 0 Å². The molecule has 8 heteroatoms. The number of nitrogens with zero attached hydrogens (tertiary/aromatic N) is 2. The predicted molar refractivity (Wildman–Crippen MR) is 144 cm³/mol. The average molecular weight is 504 g/mol. The zero-order valence-corrected chi connectivity index (χ0v) is 22.1. The Labute approximate surface area is 218 Å². The summed E-state index contributed by atoms with van der Waals surface area (Å²) < 4.78 is 7.14. The van der Waals surface area contributed by atoms with Gasteiger partial charge in [0.05, 0.1) is 11.2 Å². The van der Waals surface area contributed by atoms with Gasteiger partial charge >= 0.3 is 6.09 Å². The van der Waals surface area contributed by atoms with Crippen molar-refractivity contribution in [3.05, 3.63) is 83.6 Å². The molecule has 1 aliphatic heterocycles. The van der Waals surface area contributed by atoms with Gasteiger partial charge in [0.2, 0.25) is 5.91 Å². The smallest absolute Gasteiger partial charge is 0.408 e. The molecule has 37 heavy (non-hydrogen) atoms. The highest BCUT2D eigenvalue weighted by Crippen LogP contribution is 2.41. The van der Waals surface area contributed by atoms with Crippen LogP contribution in [0.15, 0.2) is 66.7 Å². The number of carbonyl (C=O) groups is 2. The van der Waals surface area contributed by atoms with Crippen molar-refractivity contribution in [1.29, 1.82) is 0 Å². The van der Waals surface area contributed by atoms with Gasteiger partial charge in [-0.3, -0.25) is 4.79 Å². The van der Waals surface area contributed by atoms with Gasteiger partial charge in [-0.2, -0.15) is 5.10 Å². The predicted octanol–water partition coefficient (Wildman–Crippen LogP) is 4.56. The standard InChI is InChI=1S/C29H37N5O3/c1-21(31-27(36)37-20-22-11-7-5-8-12-22)26(35)32-25-19-24(33-34(25)28(2,3)4)29(15-17-30-18-16-29)23-13-9-6-10-14-23/h5-14,19,21,30H,15-18,20H2,1-4H3,(H,31,36)(H,32,35). The lowest BCUT2D eigenvalue weighted by molar-refractivity contribution is -0.117. The van der Waals surface area contributed by atoms with E-state index in [1.165, 1.54) is 5.56 Å². The fourth-order valence-electron chi connectivity index (χ4n) is 4.76. The highest BCUT2D eigenvalue weighted by molar-refractivity contribution is 5.95. The molecule has 8 nitrogen and oxygen atoms in total. The number of piperidine rings is 1. The molecule has 3 N–H and O–H groups in total. The zero-order valence-electron chi connectivity index (χ0n) is 22.1. The van der Waals surface area contributed by atoms with Crippen LogP contribution < -0.4 is 16.0 Å². The van der Waals surface area contributed by atoms with Crippen molar-refractivity contribution >= 4 is 17.8 Å². The third kappa shape index (κ3) is 6.20. The largest absolute Gasteiger partial charge is 0.445 e. The quantitative estimate of drug-likeness (QED) is 0.439. The molecule has 2 aromatic carbocycles. The highest BCUT2D eigenvalue weighted by atomic mass is 16.5. The fourth-order valence-corrected chi connectivity index (χ4v) is 4.76. The molecule has 3 aromatic rings. The number of anilines is 1. The van der Waals surface area contributed by atoms with E-state index in [4.69, 9.17) is 9.84 Å². The lowest BCUT2D eigenvalue weighted by Crippen LogP contribution is -2.42. The van der Waals surface area contributed by atoms with Crippen LogP contribution in [0.4, 0.5) is 10.6 Å². The molecule has 1 aromatic heterocycles. The van der Waals surface area contributed by atoms with E-state index in [9.17, 15) is 9.59 Å². The molecular formula is C29H37N5O3. The van der Waals surface area contributed by atoms with Gasteiger partial charge in [0.15, 0.2) is 0 Å². The third-order valence-corrected chi connectivity index (χ3v) is 6.81. The fraction of sp³-hybridized carbons (Fsp3) is 0.414. The number of benzene rings is 2. The van der Waals surface area contributed by atoms with Crippen molar-refractivity contribution < 1.29 is 14.3 Å². The number of carbonyl (C=O) groups excluding carboxylic acids is 2. The second-order valence-electron chi connectivity index (χ2n) is 10.6. The number of ether oxygens (including phenoxy) is 1. The average Bonchev–Trinajstić information content (AvgIpc) is 3.34. The maximum Gasteiger partial charge on any atom is 0.408 e. The van der Waals surface area contributed by atoms with Crippen LogP contribution >= 0.6 is 0 Å². The summed E-state index contributed by atoms with van der Waals surface area (Å²) >= 11 is 0. The molecule has 4 rings (SSSR count). The number of alkyl carbamates (subject to hydrolysis) is 1. The van der Waals surface area contributed by atoms with Crippen LogP contribution in [0.3, 0.4) is 0 Å². The van der Waals surface area contributed by atoms with Crippen LogP contribution in [-0.4, -0.2) is 40.9 Å². The molecule has 1 aliphatic rings. The second-order valence-corrected chi connectivity index (χ2v) is 10.6. The minimum Gasteiger partial charge on any atom is -0.445 e. The Morgan fingerprint density at radius 1 is 1.05 bits per heavy atom. The normalized spacial score (nSPS) is 16.0. The Balaban J connectivity index is 1.52. The van der Waals surface area contributed by atoms with Gasteiger partial charge in [-0.25, -0.2) is 9.48 Å². The Bertz CT molecular complexity index is 1200. The summed E-state index contributed by atoms with van der Waals surface area (Å²) in [7, 11) is 0. The molecule has 0 bridgehead atoms. The Kier molecular flexibility index (Phi) is 7.97. The van der Waals surface area contributed by atoms with E-state index in [1.807, 2.05) is 47.1 Å². The number of rotatable bonds is 7. The van der Waals surface area contributed by atoms with Crippen LogP contribution in [0, 0.1) is 0 Å². The van der Waals surface area contributed by atoms with Crippen molar-refractivity contribution in [2.75, 3.05) is 18.4 Å². The molecule has 2 amide bonds. The van der Waals surface area contributed by atoms with E-state index in [1.54, 1.807) is 6.92 Å². The number of amides is 2. The summed E-state index contributed by atoms with van der Waals surface area (Å²) in [6, 6.07) is 21.1. The second kappa shape index (κ2) is 11.2. The van der Waals surface area contributed by atoms with Crippen LogP contribution in [0.2, 0.25) is 0 Å². The van der Waals surface area contributed by atoms with Crippen molar-refractivity contribution in [3.8, 4) is 0 Å². The molecule has 1 fully saturated rings. The number of nitrogens with one attached hydrogen (secondary N) is 3. The maximum atomic E-state index is 13.1. The summed E-state index contributed by atoms with van der Waals surface area (Å²) in [5.74, 6) is 0.264. The van der Waals surface area contributed by atoms with Gasteiger partial charge in [0, 0.05) is 11.5 Å². The van der Waals surface area contributed by atoms with E-state index in [2.05, 4.69) is 61.0 Å². The summed E-state index contributed by atoms with van der Waals surface area (Å²) in [5, 5.41) is 14.1. The van der Waals surface area contributed by atoms with Crippen LogP contribution in [0.1, 0.15) is 57.4 Å². The first-order chi connectivity index (χ1) is 17.7. The molecule has 0 saturated carbocycles. The van der Waals surface area contributed by atoms with E-state index < -0.39 is 12.1 Å². The van der Waals surface area contributed by atoms with Gasteiger partial charge in [-0.15, -0.1) is 0 Å². The number of hydrogen-bond acceptors (Lipinski definition) is 5. The topological polar surface area (TPSA) is 97.3 Å². The lowest BCUT2D eigenvalue weighted by Gasteiger charge is -2.37. The van der Waals surface area contributed by atoms with Crippen LogP contribution in [0.5, 0.6) is 0 Å². The SMILES string of the molecule is CC(NC(=O)OCc1ccccc1)C(=O)Nc1cc(C2(c3ccccc3)CCNCC2)nn1C(C)(C)C. The number of hydrogen-bond donors (Lipinski definition) is 3. The first-order valence-electron chi connectivity index (χ1n) is 12.8. The summed E-state index contributed by atoms with van der Waals surface area (Å²) in [5.41, 5.74) is 2.43. The van der Waals surface area contributed by atoms with Crippen LogP contribution in [0.25, 0.3) is 0 Å². The van der Waals surface area contributed by atoms with Crippen LogP contribution in [-0.2, 0) is 27.1 Å². The van der Waals surface area contributed by atoms with Crippen molar-refractivity contribution in [2.24, 2.45) is 0 Å². The first kappa shape index (κ1) is 26.4. The molecule has 196 valence electrons. The van der Waals surface area contributed by atoms with Gasteiger partial charge in [-0.1, -0.05) is 60.7 Å². The monoisotopic (exact) mass is 503 g/mol. The molecule has 1 saturated heterocycles. The molecular weight excluding hydrogens is 466 g/mol. The third-order valence-electron chi connectivity index (χ3n) is 6.81. The minimum absolute atomic E-state index is 0.137. The zero-order chi connectivity index (χ0) is 26.5. The van der Waals surface area contributed by atoms with Crippen molar-refractivity contribution in [3.63, 3.8) is 0 Å². The van der Waals surface area contributed by atoms with Gasteiger partial charge < -0.3 is 20.7 Å². The lowest BCUT2D eigenvalue weighted by atomic mass is 9.71. The maximum absolute atomic E-state index is 13.1. The van der Waals surface area contributed by atoms with Gasteiger partial charge in [0.1, 0.15) is 18.5 Å². The molecule has 0 radical (unpaired) electrons. The summed E-state index contributed by atoms with van der Waals surface area (Å²) in [4.78, 5) is 25.4. The molecule has 1 unspecified atom stereocenters. The van der Waals surface area contributed by atoms with Crippen molar-refractivity contribution in [2.45, 2.75) is 64.1 Å². The van der Waals surface area contributed by atoms with E-state index in [0.29, 0.717) is 5.82 Å². The molecule has 1 atom stereocenters. The molecule has 0 spiro atoms. The summed E-state index contributed by atoms with van der Waals surface area (Å²) in [6.07, 6.45) is 1.18. The highest BCUT2D eigenvalue weighted by Gasteiger charge is 2.39. The van der Waals surface area contributed by atoms with Gasteiger partial charge in [-0.05, 0) is 64.8 Å². The Morgan fingerprint density at radius 2 is 1.68 bits per heavy atom. The van der Waals surface area contributed by atoms with E-state index >= 15 is 0 Å². The molecule has 0 aliphatic carbocycles. The molecule has 2 heterocycles. The van der Waals surface area contributed by atoms with E-state index in [-0.39, 0.29) is 23.5 Å². The first-order valence-corrected chi connectivity index (χ1v) is 12.8.